The highest BCUT2D eigenvalue weighted by Gasteiger charge is 2.02. The molecule has 0 saturated heterocycles. The molecular weight excluding hydrogens is 260 g/mol. The predicted octanol–water partition coefficient (Wildman–Crippen LogP) is 2.59. The molecule has 0 unspecified atom stereocenters. The number of hydroxylamine groups is 2. The molecule has 0 fully saturated rings. The molecule has 0 radical (unpaired) electrons. The second kappa shape index (κ2) is 8.25. The minimum absolute atomic E-state index is 0.0543. The number of hydrogen-bond acceptors (Lipinski definition) is 3. The third-order valence-corrected chi connectivity index (χ3v) is 3.34. The fourth-order valence-electron chi connectivity index (χ4n) is 1.34. The first kappa shape index (κ1) is 15.2. The van der Waals surface area contributed by atoms with Gasteiger partial charge in [0.15, 0.2) is 0 Å². The molecule has 100 valence electrons. The van der Waals surface area contributed by atoms with Gasteiger partial charge in [0.05, 0.1) is 6.54 Å². The van der Waals surface area contributed by atoms with E-state index < -0.39 is 6.03 Å². The van der Waals surface area contributed by atoms with E-state index in [0.29, 0.717) is 5.06 Å². The van der Waals surface area contributed by atoms with Crippen molar-refractivity contribution in [3.63, 3.8) is 0 Å². The first-order valence-corrected chi connectivity index (χ1v) is 6.71. The first-order chi connectivity index (χ1) is 9.15. The van der Waals surface area contributed by atoms with Crippen molar-refractivity contribution in [3.8, 4) is 12.3 Å². The van der Waals surface area contributed by atoms with Crippen LogP contribution < -0.4 is 5.73 Å². The minimum atomic E-state index is -0.874. The molecule has 3 N–H and O–H groups in total. The van der Waals surface area contributed by atoms with Crippen molar-refractivity contribution in [2.45, 2.75) is 11.3 Å². The molecule has 4 nitrogen and oxygen atoms in total. The quantitative estimate of drug-likeness (QED) is 0.276. The zero-order chi connectivity index (χ0) is 14.1. The molecule has 0 aliphatic rings. The molecule has 1 aromatic rings. The number of amides is 2. The van der Waals surface area contributed by atoms with Gasteiger partial charge in [-0.15, -0.1) is 24.1 Å². The van der Waals surface area contributed by atoms with Crippen LogP contribution in [0.15, 0.2) is 35.2 Å². The zero-order valence-corrected chi connectivity index (χ0v) is 11.3. The molecule has 5 heteroatoms. The molecule has 0 saturated carbocycles. The molecular formula is C14H16N2O2S. The van der Waals surface area contributed by atoms with Crippen molar-refractivity contribution in [3.05, 3.63) is 35.9 Å². The topological polar surface area (TPSA) is 66.6 Å². The number of primary amides is 1. The summed E-state index contributed by atoms with van der Waals surface area (Å²) < 4.78 is 0. The molecule has 19 heavy (non-hydrogen) atoms. The maximum absolute atomic E-state index is 10.6. The largest absolute Gasteiger partial charge is 0.350 e. The van der Waals surface area contributed by atoms with E-state index >= 15 is 0 Å². The van der Waals surface area contributed by atoms with Gasteiger partial charge >= 0.3 is 6.03 Å². The number of benzene rings is 1. The molecule has 2 amide bonds. The van der Waals surface area contributed by atoms with Crippen LogP contribution >= 0.6 is 11.8 Å². The third kappa shape index (κ3) is 5.51. The van der Waals surface area contributed by atoms with Crippen molar-refractivity contribution in [2.24, 2.45) is 5.73 Å². The van der Waals surface area contributed by atoms with E-state index in [9.17, 15) is 4.79 Å². The Balaban J connectivity index is 2.64. The van der Waals surface area contributed by atoms with Gasteiger partial charge in [0.1, 0.15) is 0 Å². The Kier molecular flexibility index (Phi) is 6.58. The van der Waals surface area contributed by atoms with Crippen LogP contribution in [-0.2, 0) is 0 Å². The molecule has 0 atom stereocenters. The number of nitrogens with zero attached hydrogens (tertiary/aromatic N) is 1. The van der Waals surface area contributed by atoms with E-state index in [1.807, 2.05) is 30.3 Å². The molecule has 0 bridgehead atoms. The summed E-state index contributed by atoms with van der Waals surface area (Å²) in [5, 5.41) is 9.58. The van der Waals surface area contributed by atoms with Crippen molar-refractivity contribution >= 4 is 23.9 Å². The summed E-state index contributed by atoms with van der Waals surface area (Å²) in [4.78, 5) is 11.7. The fourth-order valence-corrected chi connectivity index (χ4v) is 2.26. The van der Waals surface area contributed by atoms with E-state index in [-0.39, 0.29) is 6.54 Å². The third-order valence-electron chi connectivity index (χ3n) is 2.25. The Morgan fingerprint density at radius 2 is 2.26 bits per heavy atom. The van der Waals surface area contributed by atoms with Crippen LogP contribution in [0.3, 0.4) is 0 Å². The second-order valence-electron chi connectivity index (χ2n) is 3.66. The van der Waals surface area contributed by atoms with Gasteiger partial charge in [0, 0.05) is 17.1 Å². The van der Waals surface area contributed by atoms with Gasteiger partial charge in [-0.2, -0.15) is 0 Å². The molecule has 1 aromatic carbocycles. The Labute approximate surface area is 117 Å². The van der Waals surface area contributed by atoms with Crippen LogP contribution in [0.25, 0.3) is 6.08 Å². The number of nitrogens with two attached hydrogens (primary N) is 1. The average molecular weight is 276 g/mol. The number of thioether (sulfide) groups is 1. The smallest absolute Gasteiger partial charge is 0.338 e. The number of terminal acetylenes is 1. The highest BCUT2D eigenvalue weighted by molar-refractivity contribution is 7.99. The van der Waals surface area contributed by atoms with Crippen LogP contribution in [0.2, 0.25) is 0 Å². The molecule has 0 aliphatic carbocycles. The highest BCUT2D eigenvalue weighted by Crippen LogP contribution is 2.24. The molecule has 0 spiro atoms. The van der Waals surface area contributed by atoms with Gasteiger partial charge in [0.25, 0.3) is 0 Å². The lowest BCUT2D eigenvalue weighted by atomic mass is 10.2. The van der Waals surface area contributed by atoms with E-state index in [1.54, 1.807) is 17.8 Å². The summed E-state index contributed by atoms with van der Waals surface area (Å²) in [6.45, 7) is 0.0543. The number of rotatable bonds is 6. The second-order valence-corrected chi connectivity index (χ2v) is 4.80. The zero-order valence-electron chi connectivity index (χ0n) is 10.5. The normalized spacial score (nSPS) is 10.3. The Morgan fingerprint density at radius 1 is 1.53 bits per heavy atom. The van der Waals surface area contributed by atoms with E-state index in [2.05, 4.69) is 5.92 Å². The standard InChI is InChI=1S/C14H16N2O2S/c1-2-3-11-19-13-9-5-4-7-12(13)8-6-10-16(18)14(15)17/h1,4-9,18H,3,10-11H2,(H2,15,17). The summed E-state index contributed by atoms with van der Waals surface area (Å²) in [7, 11) is 0. The molecule has 0 aliphatic heterocycles. The average Bonchev–Trinajstić information content (AvgIpc) is 2.40. The van der Waals surface area contributed by atoms with E-state index in [0.717, 1.165) is 22.6 Å². The molecule has 0 heterocycles. The van der Waals surface area contributed by atoms with Gasteiger partial charge in [-0.3, -0.25) is 5.21 Å². The monoisotopic (exact) mass is 276 g/mol. The summed E-state index contributed by atoms with van der Waals surface area (Å²) in [5.41, 5.74) is 5.92. The van der Waals surface area contributed by atoms with Crippen molar-refractivity contribution < 1.29 is 10.0 Å². The van der Waals surface area contributed by atoms with Gasteiger partial charge < -0.3 is 5.73 Å². The number of urea groups is 1. The lowest BCUT2D eigenvalue weighted by Crippen LogP contribution is -2.32. The lowest BCUT2D eigenvalue weighted by molar-refractivity contribution is -0.0286. The van der Waals surface area contributed by atoms with Crippen LogP contribution in [0.5, 0.6) is 0 Å². The van der Waals surface area contributed by atoms with Crippen molar-refractivity contribution in [1.82, 2.24) is 5.06 Å². The Morgan fingerprint density at radius 3 is 2.95 bits per heavy atom. The van der Waals surface area contributed by atoms with Crippen molar-refractivity contribution in [1.29, 1.82) is 0 Å². The molecule has 0 aromatic heterocycles. The highest BCUT2D eigenvalue weighted by atomic mass is 32.2. The maximum Gasteiger partial charge on any atom is 0.338 e. The Bertz CT molecular complexity index is 494. The van der Waals surface area contributed by atoms with Gasteiger partial charge in [0.2, 0.25) is 0 Å². The van der Waals surface area contributed by atoms with E-state index in [4.69, 9.17) is 17.4 Å². The SMILES string of the molecule is C#CCCSc1ccccc1C=CCN(O)C(N)=O. The number of carbonyl (C=O) groups is 1. The Hall–Kier alpha value is -1.90. The van der Waals surface area contributed by atoms with Gasteiger partial charge in [-0.25, -0.2) is 9.86 Å². The first-order valence-electron chi connectivity index (χ1n) is 5.73. The lowest BCUT2D eigenvalue weighted by Gasteiger charge is -2.08. The summed E-state index contributed by atoms with van der Waals surface area (Å²) in [6.07, 6.45) is 9.44. The molecule has 1 rings (SSSR count). The summed E-state index contributed by atoms with van der Waals surface area (Å²) >= 11 is 1.68. The van der Waals surface area contributed by atoms with Gasteiger partial charge in [-0.1, -0.05) is 30.4 Å². The van der Waals surface area contributed by atoms with Crippen LogP contribution in [0, 0.1) is 12.3 Å². The van der Waals surface area contributed by atoms with Gasteiger partial charge in [-0.05, 0) is 11.6 Å². The number of hydrogen-bond donors (Lipinski definition) is 2. The summed E-state index contributed by atoms with van der Waals surface area (Å²) in [5.74, 6) is 3.45. The van der Waals surface area contributed by atoms with Crippen LogP contribution in [0.4, 0.5) is 4.79 Å². The fraction of sp³-hybridized carbons (Fsp3) is 0.214. The van der Waals surface area contributed by atoms with Crippen LogP contribution in [-0.4, -0.2) is 28.6 Å². The summed E-state index contributed by atoms with van der Waals surface area (Å²) in [6, 6.07) is 6.97. The van der Waals surface area contributed by atoms with Crippen LogP contribution in [0.1, 0.15) is 12.0 Å². The van der Waals surface area contributed by atoms with Crippen molar-refractivity contribution in [2.75, 3.05) is 12.3 Å². The van der Waals surface area contributed by atoms with E-state index in [1.165, 1.54) is 0 Å². The minimum Gasteiger partial charge on any atom is -0.350 e. The maximum atomic E-state index is 10.6. The number of carbonyl (C=O) groups excluding carboxylic acids is 1. The predicted molar refractivity (Wildman–Crippen MR) is 77.7 cm³/mol.